The van der Waals surface area contributed by atoms with Crippen LogP contribution in [-0.4, -0.2) is 82.0 Å². The van der Waals surface area contributed by atoms with Crippen molar-refractivity contribution in [2.45, 2.75) is 361 Å². The van der Waals surface area contributed by atoms with E-state index in [4.69, 9.17) is 0 Å². The van der Waals surface area contributed by atoms with E-state index in [1.807, 2.05) is 0 Å². The summed E-state index contributed by atoms with van der Waals surface area (Å²) in [6.07, 6.45) is 33.0. The first-order chi connectivity index (χ1) is 37.1. The molecular formula is C67H123NO9. The molecule has 0 aliphatic rings. The minimum Gasteiger partial charge on any atom is -0.548 e. The summed E-state index contributed by atoms with van der Waals surface area (Å²) in [5.74, 6) is -7.81. The maximum atomic E-state index is 16.3. The molecule has 0 fully saturated rings. The SMILES string of the molecule is CCCCCCCCCC(=O)C[N+](C)(C)C(C(=O)CCCCCCCCC)(C(=O)CCCCCCCCC)C(O)(C(=O)CCCCCCCCC)C(C(=O)[O-])(C(=O)CCCCCCCCC)C(=O)CCCCCCCCC. The Hall–Kier alpha value is -2.59. The lowest BCUT2D eigenvalue weighted by atomic mass is 9.51. The Bertz CT molecular complexity index is 1530. The van der Waals surface area contributed by atoms with Crippen LogP contribution in [0, 0.1) is 5.41 Å². The van der Waals surface area contributed by atoms with Crippen LogP contribution in [0.25, 0.3) is 0 Å². The number of likely N-dealkylation sites (N-methyl/N-ethyl adjacent to an activating group) is 1. The lowest BCUT2D eigenvalue weighted by Gasteiger charge is -2.58. The molecule has 10 nitrogen and oxygen atoms in total. The number of carbonyl (C=O) groups is 7. The Morgan fingerprint density at radius 1 is 0.312 bits per heavy atom. The number of unbranched alkanes of at least 4 members (excludes halogenated alkanes) is 36. The first-order valence-corrected chi connectivity index (χ1v) is 33.0. The van der Waals surface area contributed by atoms with Crippen molar-refractivity contribution in [2.24, 2.45) is 5.41 Å². The highest BCUT2D eigenvalue weighted by Crippen LogP contribution is 2.52. The van der Waals surface area contributed by atoms with E-state index in [9.17, 15) is 19.8 Å². The number of ketones is 6. The van der Waals surface area contributed by atoms with Gasteiger partial charge in [-0.3, -0.25) is 28.8 Å². The lowest BCUT2D eigenvalue weighted by molar-refractivity contribution is -0.920. The second kappa shape index (κ2) is 46.1. The molecule has 0 heterocycles. The molecule has 1 atom stereocenters. The third kappa shape index (κ3) is 26.3. The largest absolute Gasteiger partial charge is 0.548 e. The maximum Gasteiger partial charge on any atom is 0.254 e. The van der Waals surface area contributed by atoms with Gasteiger partial charge in [0.05, 0.1) is 20.1 Å². The molecule has 10 heteroatoms. The minimum absolute atomic E-state index is 0.119. The lowest BCUT2D eigenvalue weighted by Crippen LogP contribution is -2.88. The Morgan fingerprint density at radius 3 is 0.766 bits per heavy atom. The van der Waals surface area contributed by atoms with Crippen LogP contribution in [0.1, 0.15) is 350 Å². The Morgan fingerprint density at radius 2 is 0.519 bits per heavy atom. The monoisotopic (exact) mass is 1090 g/mol. The van der Waals surface area contributed by atoms with E-state index >= 15 is 24.0 Å². The second-order valence-electron chi connectivity index (χ2n) is 24.2. The quantitative estimate of drug-likeness (QED) is 0.0355. The van der Waals surface area contributed by atoms with Crippen molar-refractivity contribution in [3.8, 4) is 0 Å². The summed E-state index contributed by atoms with van der Waals surface area (Å²) >= 11 is 0. The molecule has 77 heavy (non-hydrogen) atoms. The van der Waals surface area contributed by atoms with Gasteiger partial charge in [0, 0.05) is 38.5 Å². The van der Waals surface area contributed by atoms with E-state index in [-0.39, 0.29) is 57.1 Å². The highest BCUT2D eigenvalue weighted by Gasteiger charge is 2.82. The normalized spacial score (nSPS) is 12.9. The van der Waals surface area contributed by atoms with Gasteiger partial charge in [0.2, 0.25) is 17.2 Å². The highest BCUT2D eigenvalue weighted by atomic mass is 16.4. The summed E-state index contributed by atoms with van der Waals surface area (Å²) in [7, 11) is 2.98. The molecule has 0 rings (SSSR count). The fourth-order valence-electron chi connectivity index (χ4n) is 12.3. The predicted octanol–water partition coefficient (Wildman–Crippen LogP) is 16.5. The van der Waals surface area contributed by atoms with Crippen molar-refractivity contribution < 1.29 is 48.3 Å². The molecule has 0 aromatic rings. The van der Waals surface area contributed by atoms with Crippen molar-refractivity contribution in [1.82, 2.24) is 0 Å². The van der Waals surface area contributed by atoms with Gasteiger partial charge in [-0.15, -0.1) is 0 Å². The standard InChI is InChI=1S/C67H123NO9/c1-9-15-21-27-33-39-45-51-58(69)57-68(7,8)66(61(72)54-48-42-36-30-24-18-12-4,62(73)55-49-43-37-31-25-19-13-5)67(77,63(74)56-50-44-38-32-26-20-14-6)65(64(75)76,59(70)52-46-40-34-28-22-16-10-2)60(71)53-47-41-35-29-23-17-11-3/h77H,9-57H2,1-8H3. The Labute approximate surface area is 474 Å². The summed E-state index contributed by atoms with van der Waals surface area (Å²) in [4.78, 5) is 110. The fourth-order valence-corrected chi connectivity index (χ4v) is 12.3. The first-order valence-electron chi connectivity index (χ1n) is 33.0. The van der Waals surface area contributed by atoms with E-state index in [1.54, 1.807) is 0 Å². The van der Waals surface area contributed by atoms with Gasteiger partial charge in [-0.2, -0.15) is 0 Å². The maximum absolute atomic E-state index is 16.3. The Balaban J connectivity index is 8.68. The third-order valence-corrected chi connectivity index (χ3v) is 17.0. The minimum atomic E-state index is -3.71. The van der Waals surface area contributed by atoms with Crippen molar-refractivity contribution in [3.63, 3.8) is 0 Å². The van der Waals surface area contributed by atoms with E-state index in [0.29, 0.717) is 38.5 Å². The number of rotatable bonds is 59. The molecule has 0 amide bonds. The van der Waals surface area contributed by atoms with Crippen LogP contribution in [0.4, 0.5) is 0 Å². The van der Waals surface area contributed by atoms with Gasteiger partial charge < -0.3 is 19.5 Å². The zero-order valence-corrected chi connectivity index (χ0v) is 51.8. The Kier molecular flexibility index (Phi) is 44.5. The molecule has 0 aliphatic heterocycles. The molecule has 1 unspecified atom stereocenters. The molecule has 0 radical (unpaired) electrons. The molecule has 0 aromatic carbocycles. The molecule has 0 saturated carbocycles. The average molecular weight is 1090 g/mol. The second-order valence-corrected chi connectivity index (χ2v) is 24.2. The number of quaternary nitrogens is 1. The van der Waals surface area contributed by atoms with Gasteiger partial charge in [0.1, 0.15) is 6.54 Å². The molecule has 0 bridgehead atoms. The third-order valence-electron chi connectivity index (χ3n) is 17.0. The zero-order chi connectivity index (χ0) is 57.7. The van der Waals surface area contributed by atoms with E-state index < -0.39 is 81.7 Å². The van der Waals surface area contributed by atoms with Crippen LogP contribution >= 0.6 is 0 Å². The van der Waals surface area contributed by atoms with E-state index in [2.05, 4.69) is 41.5 Å². The van der Waals surface area contributed by atoms with Crippen molar-refractivity contribution >= 4 is 40.7 Å². The summed E-state index contributed by atoms with van der Waals surface area (Å²) in [5, 5.41) is 29.5. The fraction of sp³-hybridized carbons (Fsp3) is 0.896. The van der Waals surface area contributed by atoms with Gasteiger partial charge in [-0.25, -0.2) is 0 Å². The summed E-state index contributed by atoms with van der Waals surface area (Å²) in [6, 6.07) is 0. The number of hydrogen-bond acceptors (Lipinski definition) is 9. The van der Waals surface area contributed by atoms with Gasteiger partial charge in [0.15, 0.2) is 28.5 Å². The highest BCUT2D eigenvalue weighted by molar-refractivity contribution is 6.30. The molecule has 0 aromatic heterocycles. The number of carbonyl (C=O) groups excluding carboxylic acids is 7. The average Bonchev–Trinajstić information content (AvgIpc) is 3.40. The van der Waals surface area contributed by atoms with Crippen LogP contribution < -0.4 is 5.11 Å². The predicted molar refractivity (Wildman–Crippen MR) is 318 cm³/mol. The van der Waals surface area contributed by atoms with Gasteiger partial charge in [0.25, 0.3) is 5.54 Å². The number of aliphatic carboxylic acids is 1. The summed E-state index contributed by atoms with van der Waals surface area (Å²) in [5.41, 5.74) is -10.3. The molecule has 0 saturated heterocycles. The molecule has 450 valence electrons. The number of carboxylic acid groups (broad SMARTS) is 1. The molecule has 0 spiro atoms. The van der Waals surface area contributed by atoms with Crippen LogP contribution in [-0.2, 0) is 33.6 Å². The van der Waals surface area contributed by atoms with Gasteiger partial charge in [-0.05, 0) is 38.5 Å². The summed E-state index contributed by atoms with van der Waals surface area (Å²) < 4.78 is -0.892. The topological polar surface area (TPSA) is 163 Å². The van der Waals surface area contributed by atoms with Gasteiger partial charge in [-0.1, -0.05) is 273 Å². The van der Waals surface area contributed by atoms with Gasteiger partial charge >= 0.3 is 0 Å². The number of carboxylic acids is 1. The first kappa shape index (κ1) is 74.4. The number of hydrogen-bond donors (Lipinski definition) is 1. The van der Waals surface area contributed by atoms with E-state index in [0.717, 1.165) is 199 Å². The number of nitrogens with zero attached hydrogens (tertiary/aromatic N) is 1. The van der Waals surface area contributed by atoms with Crippen molar-refractivity contribution in [1.29, 1.82) is 0 Å². The number of aliphatic hydroxyl groups is 1. The van der Waals surface area contributed by atoms with Crippen LogP contribution in [0.3, 0.4) is 0 Å². The molecular weight excluding hydrogens is 963 g/mol. The molecule has 1 N–H and O–H groups in total. The van der Waals surface area contributed by atoms with Crippen molar-refractivity contribution in [3.05, 3.63) is 0 Å². The van der Waals surface area contributed by atoms with Crippen LogP contribution in [0.5, 0.6) is 0 Å². The smallest absolute Gasteiger partial charge is 0.254 e. The molecule has 0 aliphatic carbocycles. The zero-order valence-electron chi connectivity index (χ0n) is 51.8. The van der Waals surface area contributed by atoms with Crippen molar-refractivity contribution in [2.75, 3.05) is 20.6 Å². The van der Waals surface area contributed by atoms with E-state index in [1.165, 1.54) is 14.1 Å². The van der Waals surface area contributed by atoms with Crippen LogP contribution in [0.2, 0.25) is 0 Å². The summed E-state index contributed by atoms with van der Waals surface area (Å²) in [6.45, 7) is 12.3. The number of Topliss-reactive ketones (excluding diaryl/α,β-unsaturated/α-hetero) is 6. The van der Waals surface area contributed by atoms with Crippen LogP contribution in [0.15, 0.2) is 0 Å².